The number of thiophene rings is 1. The molecule has 82 valence electrons. The third kappa shape index (κ3) is 1.98. The highest BCUT2D eigenvalue weighted by Gasteiger charge is 2.40. The lowest BCUT2D eigenvalue weighted by atomic mass is 9.79. The van der Waals surface area contributed by atoms with Crippen molar-refractivity contribution in [3.8, 4) is 0 Å². The lowest BCUT2D eigenvalue weighted by molar-refractivity contribution is 0.0844. The molecule has 0 aromatic carbocycles. The van der Waals surface area contributed by atoms with Gasteiger partial charge in [-0.25, -0.2) is 0 Å². The molecule has 1 nitrogen and oxygen atoms in total. The molecule has 1 fully saturated rings. The summed E-state index contributed by atoms with van der Waals surface area (Å²) in [5, 5.41) is 2.50. The van der Waals surface area contributed by atoms with Gasteiger partial charge in [0, 0.05) is 5.92 Å². The van der Waals surface area contributed by atoms with Gasteiger partial charge in [-0.1, -0.05) is 31.9 Å². The van der Waals surface area contributed by atoms with Gasteiger partial charge in [0.15, 0.2) is 5.78 Å². The lowest BCUT2D eigenvalue weighted by Crippen LogP contribution is -2.25. The monoisotopic (exact) mass is 242 g/mol. The zero-order chi connectivity index (χ0) is 11.1. The molecule has 1 aromatic rings. The molecule has 1 aliphatic carbocycles. The van der Waals surface area contributed by atoms with Crippen LogP contribution in [0.1, 0.15) is 42.8 Å². The fourth-order valence-electron chi connectivity index (χ4n) is 2.44. The Labute approximate surface area is 99.5 Å². The van der Waals surface area contributed by atoms with E-state index in [1.165, 1.54) is 11.3 Å². The standard InChI is InChI=1S/C12H15ClOS/c1-12(2)6-3-4-8(12)10(14)11-9(13)5-7-15-11/h5,7-8H,3-4,6H2,1-2H3. The molecular weight excluding hydrogens is 228 g/mol. The molecule has 1 saturated carbocycles. The summed E-state index contributed by atoms with van der Waals surface area (Å²) in [6.07, 6.45) is 3.32. The van der Waals surface area contributed by atoms with Gasteiger partial charge in [0.1, 0.15) is 0 Å². The smallest absolute Gasteiger partial charge is 0.177 e. The Bertz CT molecular complexity index is 381. The Morgan fingerprint density at radius 1 is 1.60 bits per heavy atom. The van der Waals surface area contributed by atoms with Gasteiger partial charge in [0.2, 0.25) is 0 Å². The Hall–Kier alpha value is -0.340. The Balaban J connectivity index is 2.26. The van der Waals surface area contributed by atoms with E-state index in [1.807, 2.05) is 5.38 Å². The molecule has 1 unspecified atom stereocenters. The maximum atomic E-state index is 12.3. The van der Waals surface area contributed by atoms with Gasteiger partial charge in [0.25, 0.3) is 0 Å². The van der Waals surface area contributed by atoms with Crippen molar-refractivity contribution in [2.24, 2.45) is 11.3 Å². The highest BCUT2D eigenvalue weighted by Crippen LogP contribution is 2.45. The van der Waals surface area contributed by atoms with Crippen molar-refractivity contribution < 1.29 is 4.79 Å². The topological polar surface area (TPSA) is 17.1 Å². The maximum Gasteiger partial charge on any atom is 0.177 e. The van der Waals surface area contributed by atoms with Gasteiger partial charge in [-0.2, -0.15) is 0 Å². The normalized spacial score (nSPS) is 24.3. The van der Waals surface area contributed by atoms with Gasteiger partial charge in [-0.3, -0.25) is 4.79 Å². The second-order valence-corrected chi connectivity index (χ2v) is 6.22. The van der Waals surface area contributed by atoms with E-state index in [-0.39, 0.29) is 17.1 Å². The minimum absolute atomic E-state index is 0.143. The third-order valence-corrected chi connectivity index (χ3v) is 4.77. The molecule has 1 aromatic heterocycles. The molecule has 1 heterocycles. The molecule has 3 heteroatoms. The summed E-state index contributed by atoms with van der Waals surface area (Å²) in [6.45, 7) is 4.37. The third-order valence-electron chi connectivity index (χ3n) is 3.41. The number of hydrogen-bond acceptors (Lipinski definition) is 2. The van der Waals surface area contributed by atoms with Crippen LogP contribution in [0.3, 0.4) is 0 Å². The van der Waals surface area contributed by atoms with Crippen LogP contribution in [-0.4, -0.2) is 5.78 Å². The first-order valence-corrected chi connectivity index (χ1v) is 6.55. The van der Waals surface area contributed by atoms with Crippen LogP contribution in [0.25, 0.3) is 0 Å². The predicted molar refractivity (Wildman–Crippen MR) is 64.8 cm³/mol. The summed E-state index contributed by atoms with van der Waals surface area (Å²) in [5.41, 5.74) is 0.143. The molecule has 1 aliphatic rings. The second kappa shape index (κ2) is 3.91. The SMILES string of the molecule is CC1(C)CCCC1C(=O)c1sccc1Cl. The molecule has 2 rings (SSSR count). The molecule has 0 bridgehead atoms. The van der Waals surface area contributed by atoms with Crippen LogP contribution in [-0.2, 0) is 0 Å². The number of rotatable bonds is 2. The van der Waals surface area contributed by atoms with Crippen molar-refractivity contribution in [3.63, 3.8) is 0 Å². The second-order valence-electron chi connectivity index (χ2n) is 4.90. The maximum absolute atomic E-state index is 12.3. The van der Waals surface area contributed by atoms with E-state index in [2.05, 4.69) is 13.8 Å². The number of ketones is 1. The quantitative estimate of drug-likeness (QED) is 0.702. The van der Waals surface area contributed by atoms with Gasteiger partial charge in [-0.05, 0) is 29.7 Å². The summed E-state index contributed by atoms with van der Waals surface area (Å²) >= 11 is 7.46. The number of hydrogen-bond donors (Lipinski definition) is 0. The zero-order valence-corrected chi connectivity index (χ0v) is 10.6. The summed E-state index contributed by atoms with van der Waals surface area (Å²) in [6, 6.07) is 1.81. The molecule has 15 heavy (non-hydrogen) atoms. The van der Waals surface area contributed by atoms with Gasteiger partial charge in [0.05, 0.1) is 9.90 Å². The minimum Gasteiger partial charge on any atom is -0.293 e. The first kappa shape index (κ1) is 11.2. The highest BCUT2D eigenvalue weighted by atomic mass is 35.5. The van der Waals surface area contributed by atoms with E-state index >= 15 is 0 Å². The van der Waals surface area contributed by atoms with Crippen LogP contribution in [0.5, 0.6) is 0 Å². The molecule has 0 saturated heterocycles. The Morgan fingerprint density at radius 2 is 2.33 bits per heavy atom. The van der Waals surface area contributed by atoms with E-state index < -0.39 is 0 Å². The number of carbonyl (C=O) groups excluding carboxylic acids is 1. The van der Waals surface area contributed by atoms with Crippen molar-refractivity contribution in [1.29, 1.82) is 0 Å². The number of carbonyl (C=O) groups is 1. The van der Waals surface area contributed by atoms with E-state index in [0.717, 1.165) is 24.1 Å². The molecule has 0 amide bonds. The molecule has 1 atom stereocenters. The molecule has 0 radical (unpaired) electrons. The Morgan fingerprint density at radius 3 is 2.80 bits per heavy atom. The van der Waals surface area contributed by atoms with Gasteiger partial charge < -0.3 is 0 Å². The van der Waals surface area contributed by atoms with E-state index in [9.17, 15) is 4.79 Å². The average molecular weight is 243 g/mol. The highest BCUT2D eigenvalue weighted by molar-refractivity contribution is 7.12. The predicted octanol–water partition coefficient (Wildman–Crippen LogP) is 4.41. The minimum atomic E-state index is 0.143. The van der Waals surface area contributed by atoms with E-state index in [0.29, 0.717) is 5.02 Å². The van der Waals surface area contributed by atoms with Crippen LogP contribution < -0.4 is 0 Å². The first-order chi connectivity index (χ1) is 7.02. The number of halogens is 1. The summed E-state index contributed by atoms with van der Waals surface area (Å²) in [5.74, 6) is 0.408. The largest absolute Gasteiger partial charge is 0.293 e. The fraction of sp³-hybridized carbons (Fsp3) is 0.583. The van der Waals surface area contributed by atoms with E-state index in [1.54, 1.807) is 6.07 Å². The Kier molecular flexibility index (Phi) is 2.91. The average Bonchev–Trinajstić information content (AvgIpc) is 2.70. The lowest BCUT2D eigenvalue weighted by Gasteiger charge is -2.25. The van der Waals surface area contributed by atoms with Crippen LogP contribution in [0.4, 0.5) is 0 Å². The molecular formula is C12H15ClOS. The van der Waals surface area contributed by atoms with Crippen molar-refractivity contribution in [3.05, 3.63) is 21.3 Å². The van der Waals surface area contributed by atoms with Crippen molar-refractivity contribution in [1.82, 2.24) is 0 Å². The van der Waals surface area contributed by atoms with Crippen molar-refractivity contribution in [2.75, 3.05) is 0 Å². The number of Topliss-reactive ketones (excluding diaryl/α,β-unsaturated/α-hetero) is 1. The van der Waals surface area contributed by atoms with E-state index in [4.69, 9.17) is 11.6 Å². The van der Waals surface area contributed by atoms with Crippen LogP contribution >= 0.6 is 22.9 Å². The summed E-state index contributed by atoms with van der Waals surface area (Å²) in [4.78, 5) is 13.0. The fourth-order valence-corrected chi connectivity index (χ4v) is 3.58. The molecule has 0 N–H and O–H groups in total. The summed E-state index contributed by atoms with van der Waals surface area (Å²) in [7, 11) is 0. The first-order valence-electron chi connectivity index (χ1n) is 5.29. The van der Waals surface area contributed by atoms with Crippen LogP contribution in [0.15, 0.2) is 11.4 Å². The summed E-state index contributed by atoms with van der Waals surface area (Å²) < 4.78 is 0. The van der Waals surface area contributed by atoms with Crippen molar-refractivity contribution >= 4 is 28.7 Å². The molecule has 0 aliphatic heterocycles. The zero-order valence-electron chi connectivity index (χ0n) is 9.05. The van der Waals surface area contributed by atoms with Crippen molar-refractivity contribution in [2.45, 2.75) is 33.1 Å². The van der Waals surface area contributed by atoms with Gasteiger partial charge >= 0.3 is 0 Å². The van der Waals surface area contributed by atoms with Gasteiger partial charge in [-0.15, -0.1) is 11.3 Å². The molecule has 0 spiro atoms. The van der Waals surface area contributed by atoms with Crippen LogP contribution in [0, 0.1) is 11.3 Å². The van der Waals surface area contributed by atoms with Crippen LogP contribution in [0.2, 0.25) is 5.02 Å².